The van der Waals surface area contributed by atoms with E-state index in [9.17, 15) is 14.7 Å². The van der Waals surface area contributed by atoms with Gasteiger partial charge in [-0.15, -0.1) is 11.3 Å². The molecule has 3 heterocycles. The smallest absolute Gasteiger partial charge is 0.338 e. The molecule has 0 unspecified atom stereocenters. The summed E-state index contributed by atoms with van der Waals surface area (Å²) in [7, 11) is 0. The number of halogens is 2. The van der Waals surface area contributed by atoms with Gasteiger partial charge in [0.25, 0.3) is 0 Å². The lowest BCUT2D eigenvalue weighted by Gasteiger charge is -2.35. The van der Waals surface area contributed by atoms with Crippen molar-refractivity contribution in [2.45, 2.75) is 19.0 Å². The molecule has 0 aliphatic carbocycles. The second-order valence-corrected chi connectivity index (χ2v) is 9.68. The van der Waals surface area contributed by atoms with E-state index in [2.05, 4.69) is 26.2 Å². The monoisotopic (exact) mass is 568 g/mol. The van der Waals surface area contributed by atoms with Gasteiger partial charge in [-0.25, -0.2) is 9.78 Å². The zero-order valence-corrected chi connectivity index (χ0v) is 21.3. The zero-order valence-electron chi connectivity index (χ0n) is 18.2. The second-order valence-electron chi connectivity index (χ2n) is 7.53. The molecule has 12 heteroatoms. The number of nitrogens with zero attached hydrogens (tertiary/aromatic N) is 3. The second kappa shape index (κ2) is 11.0. The van der Waals surface area contributed by atoms with Crippen molar-refractivity contribution in [3.8, 4) is 0 Å². The average molecular weight is 570 g/mol. The Kier molecular flexibility index (Phi) is 7.99. The zero-order chi connectivity index (χ0) is 24.2. The quantitative estimate of drug-likeness (QED) is 0.489. The van der Waals surface area contributed by atoms with Crippen LogP contribution < -0.4 is 5.32 Å². The van der Waals surface area contributed by atoms with Crippen LogP contribution in [0.3, 0.4) is 0 Å². The number of aromatic nitrogens is 1. The van der Waals surface area contributed by atoms with Crippen molar-refractivity contribution in [2.24, 2.45) is 4.99 Å². The topological polar surface area (TPSA) is 113 Å². The molecular weight excluding hydrogens is 548 g/mol. The van der Waals surface area contributed by atoms with Crippen LogP contribution in [0.4, 0.5) is 0 Å². The first kappa shape index (κ1) is 24.8. The van der Waals surface area contributed by atoms with Gasteiger partial charge < -0.3 is 19.9 Å². The predicted octanol–water partition coefficient (Wildman–Crippen LogP) is 3.25. The van der Waals surface area contributed by atoms with E-state index in [1.807, 2.05) is 11.4 Å². The molecule has 4 rings (SSSR count). The van der Waals surface area contributed by atoms with Crippen LogP contribution in [0.5, 0.6) is 0 Å². The Morgan fingerprint density at radius 3 is 2.94 bits per heavy atom. The molecule has 1 saturated heterocycles. The van der Waals surface area contributed by atoms with E-state index in [-0.39, 0.29) is 19.8 Å². The Bertz CT molecular complexity index is 1140. The minimum Gasteiger partial charge on any atom is -0.480 e. The van der Waals surface area contributed by atoms with Crippen molar-refractivity contribution in [3.63, 3.8) is 0 Å². The number of hydrogen-bond donors (Lipinski definition) is 2. The third-order valence-corrected chi connectivity index (χ3v) is 7.40. The van der Waals surface area contributed by atoms with Crippen molar-refractivity contribution in [1.82, 2.24) is 15.2 Å². The van der Waals surface area contributed by atoms with Crippen molar-refractivity contribution < 1.29 is 24.2 Å². The summed E-state index contributed by atoms with van der Waals surface area (Å²) < 4.78 is 11.4. The molecule has 1 fully saturated rings. The van der Waals surface area contributed by atoms with Crippen LogP contribution in [0.2, 0.25) is 5.02 Å². The normalized spacial score (nSPS) is 21.1. The SMILES string of the molecule is CCOC(=O)C1=C(CN2CCOC[C@H]2C(=O)O)NC(c2nccs2)=N[C@H]1c1ccc(Cl)c(Br)c1. The summed E-state index contributed by atoms with van der Waals surface area (Å²) in [6, 6.07) is 3.81. The molecule has 34 heavy (non-hydrogen) atoms. The Labute approximate surface area is 213 Å². The number of morpholine rings is 1. The molecule has 2 aliphatic heterocycles. The maximum atomic E-state index is 13.2. The maximum Gasteiger partial charge on any atom is 0.338 e. The fourth-order valence-electron chi connectivity index (χ4n) is 3.80. The maximum absolute atomic E-state index is 13.2. The summed E-state index contributed by atoms with van der Waals surface area (Å²) in [6.07, 6.45) is 1.67. The van der Waals surface area contributed by atoms with Crippen LogP contribution in [0.1, 0.15) is 23.5 Å². The van der Waals surface area contributed by atoms with Crippen LogP contribution in [0.25, 0.3) is 0 Å². The molecule has 2 aliphatic rings. The minimum absolute atomic E-state index is 0.0678. The van der Waals surface area contributed by atoms with Gasteiger partial charge in [0.2, 0.25) is 0 Å². The van der Waals surface area contributed by atoms with E-state index in [0.717, 1.165) is 5.56 Å². The lowest BCUT2D eigenvalue weighted by atomic mass is 9.95. The van der Waals surface area contributed by atoms with Gasteiger partial charge in [0, 0.05) is 34.8 Å². The first-order valence-electron chi connectivity index (χ1n) is 10.5. The number of aliphatic imine (C=N–C) groups is 1. The molecule has 1 aromatic heterocycles. The van der Waals surface area contributed by atoms with Gasteiger partial charge >= 0.3 is 11.9 Å². The summed E-state index contributed by atoms with van der Waals surface area (Å²) in [5.74, 6) is -1.02. The van der Waals surface area contributed by atoms with Gasteiger partial charge in [-0.05, 0) is 40.5 Å². The molecule has 0 bridgehead atoms. The molecule has 0 spiro atoms. The van der Waals surface area contributed by atoms with Gasteiger partial charge in [0.05, 0.1) is 30.4 Å². The molecule has 2 aromatic rings. The molecular formula is C22H22BrClN4O5S. The highest BCUT2D eigenvalue weighted by Gasteiger charge is 2.36. The summed E-state index contributed by atoms with van der Waals surface area (Å²) >= 11 is 11.1. The van der Waals surface area contributed by atoms with Crippen molar-refractivity contribution in [3.05, 3.63) is 61.1 Å². The van der Waals surface area contributed by atoms with E-state index >= 15 is 0 Å². The Hall–Kier alpha value is -2.31. The van der Waals surface area contributed by atoms with Gasteiger partial charge in [0.15, 0.2) is 10.8 Å². The number of carbonyl (C=O) groups is 2. The van der Waals surface area contributed by atoms with Crippen LogP contribution in [-0.2, 0) is 19.1 Å². The molecule has 2 atom stereocenters. The predicted molar refractivity (Wildman–Crippen MR) is 131 cm³/mol. The van der Waals surface area contributed by atoms with E-state index in [1.165, 1.54) is 11.3 Å². The van der Waals surface area contributed by atoms with Crippen LogP contribution in [-0.4, -0.2) is 71.7 Å². The highest BCUT2D eigenvalue weighted by atomic mass is 79.9. The number of nitrogens with one attached hydrogen (secondary N) is 1. The fraction of sp³-hybridized carbons (Fsp3) is 0.364. The summed E-state index contributed by atoms with van der Waals surface area (Å²) in [5.41, 5.74) is 1.55. The summed E-state index contributed by atoms with van der Waals surface area (Å²) in [4.78, 5) is 36.0. The summed E-state index contributed by atoms with van der Waals surface area (Å²) in [5, 5.41) is 15.9. The number of esters is 1. The Balaban J connectivity index is 1.82. The number of aliphatic carboxylic acids is 1. The first-order chi connectivity index (χ1) is 16.4. The van der Waals surface area contributed by atoms with Crippen molar-refractivity contribution in [1.29, 1.82) is 0 Å². The third-order valence-electron chi connectivity index (χ3n) is 5.40. The first-order valence-corrected chi connectivity index (χ1v) is 12.6. The summed E-state index contributed by atoms with van der Waals surface area (Å²) in [6.45, 7) is 2.95. The number of rotatable bonds is 7. The van der Waals surface area contributed by atoms with Gasteiger partial charge in [-0.2, -0.15) is 0 Å². The van der Waals surface area contributed by atoms with Crippen molar-refractivity contribution >= 4 is 56.6 Å². The largest absolute Gasteiger partial charge is 0.480 e. The number of carbonyl (C=O) groups excluding carboxylic acids is 1. The number of thiazole rings is 1. The number of amidine groups is 1. The molecule has 0 radical (unpaired) electrons. The molecule has 0 saturated carbocycles. The molecule has 1 aromatic carbocycles. The molecule has 180 valence electrons. The van der Waals surface area contributed by atoms with E-state index in [4.69, 9.17) is 26.1 Å². The number of benzene rings is 1. The standard InChI is InChI=1S/C22H22BrClN4O5S/c1-2-33-22(31)17-15(10-28-6-7-32-11-16(28)21(29)30)26-19(20-25-5-8-34-20)27-18(17)12-3-4-14(24)13(23)9-12/h3-5,8-9,16,18H,2,6-7,10-11H2,1H3,(H,26,27)(H,29,30)/t16-,18-/m0/s1. The molecule has 2 N–H and O–H groups in total. The lowest BCUT2D eigenvalue weighted by Crippen LogP contribution is -2.52. The average Bonchev–Trinajstić information content (AvgIpc) is 3.36. The third kappa shape index (κ3) is 5.33. The van der Waals surface area contributed by atoms with Crippen LogP contribution in [0, 0.1) is 0 Å². The fourth-order valence-corrected chi connectivity index (χ4v) is 4.90. The van der Waals surface area contributed by atoms with E-state index in [0.29, 0.717) is 44.8 Å². The number of hydrogen-bond acceptors (Lipinski definition) is 9. The van der Waals surface area contributed by atoms with Crippen LogP contribution in [0.15, 0.2) is 50.5 Å². The van der Waals surface area contributed by atoms with Gasteiger partial charge in [-0.1, -0.05) is 17.7 Å². The van der Waals surface area contributed by atoms with Gasteiger partial charge in [-0.3, -0.25) is 14.7 Å². The van der Waals surface area contributed by atoms with E-state index < -0.39 is 24.0 Å². The number of carboxylic acids is 1. The van der Waals surface area contributed by atoms with E-state index in [1.54, 1.807) is 30.2 Å². The highest BCUT2D eigenvalue weighted by Crippen LogP contribution is 2.36. The van der Waals surface area contributed by atoms with Crippen LogP contribution >= 0.6 is 38.9 Å². The number of carboxylic acid groups (broad SMARTS) is 1. The molecule has 0 amide bonds. The van der Waals surface area contributed by atoms with Crippen molar-refractivity contribution in [2.75, 3.05) is 32.9 Å². The Morgan fingerprint density at radius 1 is 1.44 bits per heavy atom. The highest BCUT2D eigenvalue weighted by molar-refractivity contribution is 9.10. The minimum atomic E-state index is -0.985. The molecule has 9 nitrogen and oxygen atoms in total. The lowest BCUT2D eigenvalue weighted by molar-refractivity contribution is -0.149. The number of ether oxygens (including phenoxy) is 2. The Morgan fingerprint density at radius 2 is 2.26 bits per heavy atom. The van der Waals surface area contributed by atoms with Gasteiger partial charge in [0.1, 0.15) is 12.1 Å².